The molecular formula is C15H18ClNO2. The Bertz CT molecular complexity index is 497. The number of halogens is 1. The highest BCUT2D eigenvalue weighted by atomic mass is 35.5. The molecule has 0 saturated heterocycles. The lowest BCUT2D eigenvalue weighted by Gasteiger charge is -2.34. The molecule has 1 amide bonds. The van der Waals surface area contributed by atoms with E-state index in [1.54, 1.807) is 0 Å². The highest BCUT2D eigenvalue weighted by Gasteiger charge is 2.29. The first-order chi connectivity index (χ1) is 9.13. The SMILES string of the molecule is CN(CC1CC(Cl)C1)C(=O)c1ccc2c(c1)CCO2. The summed E-state index contributed by atoms with van der Waals surface area (Å²) in [6, 6.07) is 5.72. The van der Waals surface area contributed by atoms with Crippen molar-refractivity contribution in [1.29, 1.82) is 0 Å². The van der Waals surface area contributed by atoms with Crippen molar-refractivity contribution in [3.8, 4) is 5.75 Å². The van der Waals surface area contributed by atoms with E-state index in [2.05, 4.69) is 0 Å². The number of rotatable bonds is 3. The average Bonchev–Trinajstić information content (AvgIpc) is 2.83. The minimum Gasteiger partial charge on any atom is -0.493 e. The highest BCUT2D eigenvalue weighted by molar-refractivity contribution is 6.21. The van der Waals surface area contributed by atoms with Crippen LogP contribution >= 0.6 is 11.6 Å². The summed E-state index contributed by atoms with van der Waals surface area (Å²) in [5.41, 5.74) is 1.90. The minimum absolute atomic E-state index is 0.0905. The molecule has 1 aliphatic heterocycles. The van der Waals surface area contributed by atoms with Crippen LogP contribution in [0.3, 0.4) is 0 Å². The van der Waals surface area contributed by atoms with Gasteiger partial charge >= 0.3 is 0 Å². The van der Waals surface area contributed by atoms with Gasteiger partial charge in [0.05, 0.1) is 6.61 Å². The van der Waals surface area contributed by atoms with Crippen molar-refractivity contribution in [2.75, 3.05) is 20.2 Å². The molecule has 3 nitrogen and oxygen atoms in total. The molecule has 0 bridgehead atoms. The van der Waals surface area contributed by atoms with Gasteiger partial charge in [-0.1, -0.05) is 0 Å². The third-order valence-electron chi connectivity index (χ3n) is 3.99. The van der Waals surface area contributed by atoms with E-state index in [1.165, 1.54) is 0 Å². The molecule has 0 N–H and O–H groups in total. The average molecular weight is 280 g/mol. The van der Waals surface area contributed by atoms with E-state index < -0.39 is 0 Å². The van der Waals surface area contributed by atoms with Gasteiger partial charge in [-0.3, -0.25) is 4.79 Å². The van der Waals surface area contributed by atoms with Crippen LogP contribution in [0.1, 0.15) is 28.8 Å². The molecule has 102 valence electrons. The van der Waals surface area contributed by atoms with Gasteiger partial charge in [-0.2, -0.15) is 0 Å². The van der Waals surface area contributed by atoms with E-state index in [1.807, 2.05) is 30.1 Å². The molecule has 1 aliphatic carbocycles. The Labute approximate surface area is 118 Å². The van der Waals surface area contributed by atoms with Gasteiger partial charge in [0.1, 0.15) is 5.75 Å². The predicted octanol–water partition coefficient (Wildman–Crippen LogP) is 2.71. The monoisotopic (exact) mass is 279 g/mol. The van der Waals surface area contributed by atoms with Crippen LogP contribution < -0.4 is 4.74 Å². The molecule has 0 atom stereocenters. The molecule has 2 aliphatic rings. The zero-order chi connectivity index (χ0) is 13.4. The first kappa shape index (κ1) is 12.8. The molecule has 1 saturated carbocycles. The Morgan fingerprint density at radius 1 is 1.47 bits per heavy atom. The zero-order valence-corrected chi connectivity index (χ0v) is 11.8. The number of hydrogen-bond donors (Lipinski definition) is 0. The van der Waals surface area contributed by atoms with Crippen molar-refractivity contribution >= 4 is 17.5 Å². The van der Waals surface area contributed by atoms with Crippen LogP contribution in [0.4, 0.5) is 0 Å². The van der Waals surface area contributed by atoms with Crippen molar-refractivity contribution in [1.82, 2.24) is 4.90 Å². The van der Waals surface area contributed by atoms with E-state index in [9.17, 15) is 4.79 Å². The molecule has 4 heteroatoms. The van der Waals surface area contributed by atoms with Gasteiger partial charge in [0.25, 0.3) is 5.91 Å². The van der Waals surface area contributed by atoms with Crippen molar-refractivity contribution in [2.24, 2.45) is 5.92 Å². The maximum atomic E-state index is 12.4. The number of alkyl halides is 1. The fourth-order valence-corrected chi connectivity index (χ4v) is 3.32. The molecule has 1 aromatic carbocycles. The number of carbonyl (C=O) groups excluding carboxylic acids is 1. The first-order valence-corrected chi connectivity index (χ1v) is 7.22. The van der Waals surface area contributed by atoms with Crippen molar-refractivity contribution in [3.63, 3.8) is 0 Å². The molecule has 19 heavy (non-hydrogen) atoms. The number of nitrogens with zero attached hydrogens (tertiary/aromatic N) is 1. The number of ether oxygens (including phenoxy) is 1. The molecule has 1 heterocycles. The number of amides is 1. The van der Waals surface area contributed by atoms with Crippen molar-refractivity contribution in [3.05, 3.63) is 29.3 Å². The number of benzene rings is 1. The third kappa shape index (κ3) is 2.57. The molecule has 1 fully saturated rings. The van der Waals surface area contributed by atoms with Gasteiger partial charge < -0.3 is 9.64 Å². The summed E-state index contributed by atoms with van der Waals surface area (Å²) < 4.78 is 5.46. The van der Waals surface area contributed by atoms with Gasteiger partial charge in [0.15, 0.2) is 0 Å². The van der Waals surface area contributed by atoms with E-state index in [0.717, 1.165) is 49.3 Å². The summed E-state index contributed by atoms with van der Waals surface area (Å²) >= 11 is 5.97. The van der Waals surface area contributed by atoms with E-state index in [0.29, 0.717) is 11.3 Å². The Balaban J connectivity index is 1.66. The fraction of sp³-hybridized carbons (Fsp3) is 0.533. The Morgan fingerprint density at radius 2 is 2.26 bits per heavy atom. The van der Waals surface area contributed by atoms with E-state index >= 15 is 0 Å². The van der Waals surface area contributed by atoms with Crippen LogP contribution in [0.5, 0.6) is 5.75 Å². The summed E-state index contributed by atoms with van der Waals surface area (Å²) in [7, 11) is 1.87. The lowest BCUT2D eigenvalue weighted by atomic mass is 9.84. The smallest absolute Gasteiger partial charge is 0.253 e. The molecule has 0 aromatic heterocycles. The molecule has 0 radical (unpaired) electrons. The van der Waals surface area contributed by atoms with E-state index in [-0.39, 0.29) is 5.91 Å². The summed E-state index contributed by atoms with van der Waals surface area (Å²) in [5, 5.41) is 0.311. The number of carbonyl (C=O) groups is 1. The van der Waals surface area contributed by atoms with Crippen molar-refractivity contribution < 1.29 is 9.53 Å². The highest BCUT2D eigenvalue weighted by Crippen LogP contribution is 2.32. The number of fused-ring (bicyclic) bond motifs is 1. The lowest BCUT2D eigenvalue weighted by molar-refractivity contribution is 0.0747. The quantitative estimate of drug-likeness (QED) is 0.796. The summed E-state index contributed by atoms with van der Waals surface area (Å²) in [5.74, 6) is 1.57. The van der Waals surface area contributed by atoms with Gasteiger partial charge in [-0.05, 0) is 42.5 Å². The standard InChI is InChI=1S/C15H18ClNO2/c1-17(9-10-6-13(16)7-10)15(18)12-2-3-14-11(8-12)4-5-19-14/h2-3,8,10,13H,4-7,9H2,1H3. The molecule has 0 unspecified atom stereocenters. The topological polar surface area (TPSA) is 29.5 Å². The van der Waals surface area contributed by atoms with Gasteiger partial charge in [0, 0.05) is 31.0 Å². The van der Waals surface area contributed by atoms with Crippen molar-refractivity contribution in [2.45, 2.75) is 24.6 Å². The summed E-state index contributed by atoms with van der Waals surface area (Å²) in [6.07, 6.45) is 2.95. The Morgan fingerprint density at radius 3 is 3.00 bits per heavy atom. The largest absolute Gasteiger partial charge is 0.493 e. The summed E-state index contributed by atoms with van der Waals surface area (Å²) in [4.78, 5) is 14.2. The maximum absolute atomic E-state index is 12.4. The first-order valence-electron chi connectivity index (χ1n) is 6.79. The molecule has 0 spiro atoms. The van der Waals surface area contributed by atoms with Gasteiger partial charge in [0.2, 0.25) is 0 Å². The second-order valence-corrected chi connectivity index (χ2v) is 6.16. The number of hydrogen-bond acceptors (Lipinski definition) is 2. The van der Waals surface area contributed by atoms with Gasteiger partial charge in [-0.25, -0.2) is 0 Å². The summed E-state index contributed by atoms with van der Waals surface area (Å²) in [6.45, 7) is 1.53. The van der Waals surface area contributed by atoms with Crippen LogP contribution in [0, 0.1) is 5.92 Å². The molecule has 1 aromatic rings. The van der Waals surface area contributed by atoms with Crippen LogP contribution in [0.2, 0.25) is 0 Å². The minimum atomic E-state index is 0.0905. The fourth-order valence-electron chi connectivity index (χ4n) is 2.81. The zero-order valence-electron chi connectivity index (χ0n) is 11.1. The van der Waals surface area contributed by atoms with Gasteiger partial charge in [-0.15, -0.1) is 11.6 Å². The second kappa shape index (κ2) is 5.04. The third-order valence-corrected chi connectivity index (χ3v) is 4.35. The van der Waals surface area contributed by atoms with Crippen LogP contribution in [0.15, 0.2) is 18.2 Å². The Kier molecular flexibility index (Phi) is 3.40. The van der Waals surface area contributed by atoms with E-state index in [4.69, 9.17) is 16.3 Å². The van der Waals surface area contributed by atoms with Crippen LogP contribution in [0.25, 0.3) is 0 Å². The van der Waals surface area contributed by atoms with Crippen LogP contribution in [-0.4, -0.2) is 36.4 Å². The lowest BCUT2D eigenvalue weighted by Crippen LogP contribution is -2.37. The Hall–Kier alpha value is -1.22. The normalized spacial score (nSPS) is 24.3. The maximum Gasteiger partial charge on any atom is 0.253 e. The molecular weight excluding hydrogens is 262 g/mol. The molecule has 3 rings (SSSR count). The second-order valence-electron chi connectivity index (χ2n) is 5.54. The van der Waals surface area contributed by atoms with Crippen LogP contribution in [-0.2, 0) is 6.42 Å². The predicted molar refractivity (Wildman–Crippen MR) is 75.0 cm³/mol.